The Bertz CT molecular complexity index is 968. The maximum atomic E-state index is 12.6. The molecule has 0 aliphatic carbocycles. The Kier molecular flexibility index (Phi) is 6.21. The number of rotatable bonds is 7. The standard InChI is InChI=1S/C21H22ClN3O3/c1-25-19(11-17(24-25)10-14-4-7-16(22)8-5-14)21(26)23-13-15-6-9-18(27-2)12-20(15)28-3/h4-9,11-12H,10,13H2,1-3H3,(H,23,26). The monoisotopic (exact) mass is 399 g/mol. The largest absolute Gasteiger partial charge is 0.497 e. The van der Waals surface area contributed by atoms with Gasteiger partial charge in [-0.2, -0.15) is 5.10 Å². The van der Waals surface area contributed by atoms with Gasteiger partial charge in [0.05, 0.1) is 19.9 Å². The number of halogens is 1. The molecule has 146 valence electrons. The molecule has 1 amide bonds. The number of carbonyl (C=O) groups is 1. The van der Waals surface area contributed by atoms with E-state index < -0.39 is 0 Å². The predicted octanol–water partition coefficient (Wildman–Crippen LogP) is 3.61. The summed E-state index contributed by atoms with van der Waals surface area (Å²) in [6.45, 7) is 0.337. The van der Waals surface area contributed by atoms with Gasteiger partial charge in [-0.15, -0.1) is 0 Å². The van der Waals surface area contributed by atoms with Crippen molar-refractivity contribution in [2.45, 2.75) is 13.0 Å². The Labute approximate surface area is 169 Å². The summed E-state index contributed by atoms with van der Waals surface area (Å²) in [5, 5.41) is 8.05. The lowest BCUT2D eigenvalue weighted by molar-refractivity contribution is 0.0941. The lowest BCUT2D eigenvalue weighted by Gasteiger charge is -2.11. The third kappa shape index (κ3) is 4.64. The van der Waals surface area contributed by atoms with Crippen LogP contribution in [0.5, 0.6) is 11.5 Å². The number of hydrogen-bond donors (Lipinski definition) is 1. The number of ether oxygens (including phenoxy) is 2. The molecule has 3 aromatic rings. The van der Waals surface area contributed by atoms with Crippen LogP contribution in [0.15, 0.2) is 48.5 Å². The fourth-order valence-electron chi connectivity index (χ4n) is 2.90. The molecule has 1 heterocycles. The summed E-state index contributed by atoms with van der Waals surface area (Å²) < 4.78 is 12.2. The van der Waals surface area contributed by atoms with Crippen molar-refractivity contribution in [2.24, 2.45) is 7.05 Å². The molecule has 0 unspecified atom stereocenters. The molecule has 0 atom stereocenters. The molecule has 0 fully saturated rings. The van der Waals surface area contributed by atoms with Crippen molar-refractivity contribution in [3.05, 3.63) is 76.1 Å². The van der Waals surface area contributed by atoms with E-state index in [0.717, 1.165) is 16.8 Å². The first-order chi connectivity index (χ1) is 13.5. The molecule has 0 saturated carbocycles. The fourth-order valence-corrected chi connectivity index (χ4v) is 3.03. The van der Waals surface area contributed by atoms with Gasteiger partial charge in [-0.05, 0) is 35.9 Å². The molecule has 1 N–H and O–H groups in total. The van der Waals surface area contributed by atoms with Crippen LogP contribution in [0.2, 0.25) is 5.02 Å². The van der Waals surface area contributed by atoms with Crippen molar-refractivity contribution in [2.75, 3.05) is 14.2 Å². The summed E-state index contributed by atoms with van der Waals surface area (Å²) in [6, 6.07) is 14.9. The van der Waals surface area contributed by atoms with Crippen molar-refractivity contribution < 1.29 is 14.3 Å². The van der Waals surface area contributed by atoms with Crippen LogP contribution in [-0.2, 0) is 20.0 Å². The van der Waals surface area contributed by atoms with Crippen molar-refractivity contribution in [1.82, 2.24) is 15.1 Å². The summed E-state index contributed by atoms with van der Waals surface area (Å²) in [4.78, 5) is 12.6. The molecule has 1 aromatic heterocycles. The van der Waals surface area contributed by atoms with Gasteiger partial charge in [-0.25, -0.2) is 0 Å². The highest BCUT2D eigenvalue weighted by atomic mass is 35.5. The van der Waals surface area contributed by atoms with Gasteiger partial charge in [0, 0.05) is 36.7 Å². The average molecular weight is 400 g/mol. The summed E-state index contributed by atoms with van der Waals surface area (Å²) in [5.41, 5.74) is 3.26. The first-order valence-electron chi connectivity index (χ1n) is 8.76. The van der Waals surface area contributed by atoms with Crippen molar-refractivity contribution >= 4 is 17.5 Å². The summed E-state index contributed by atoms with van der Waals surface area (Å²) >= 11 is 5.92. The molecule has 2 aromatic carbocycles. The van der Waals surface area contributed by atoms with E-state index >= 15 is 0 Å². The average Bonchev–Trinajstić information content (AvgIpc) is 3.07. The zero-order valence-electron chi connectivity index (χ0n) is 16.0. The molecule has 0 spiro atoms. The number of benzene rings is 2. The van der Waals surface area contributed by atoms with E-state index in [1.54, 1.807) is 38.1 Å². The van der Waals surface area contributed by atoms with Crippen LogP contribution in [0.1, 0.15) is 27.3 Å². The number of nitrogens with zero attached hydrogens (tertiary/aromatic N) is 2. The topological polar surface area (TPSA) is 65.4 Å². The number of aryl methyl sites for hydroxylation is 1. The Hall–Kier alpha value is -2.99. The number of aromatic nitrogens is 2. The summed E-state index contributed by atoms with van der Waals surface area (Å²) in [6.07, 6.45) is 0.630. The molecular weight excluding hydrogens is 378 g/mol. The minimum atomic E-state index is -0.199. The van der Waals surface area contributed by atoms with E-state index in [0.29, 0.717) is 35.2 Å². The molecule has 28 heavy (non-hydrogen) atoms. The molecule has 0 radical (unpaired) electrons. The smallest absolute Gasteiger partial charge is 0.269 e. The number of carbonyl (C=O) groups excluding carboxylic acids is 1. The van der Waals surface area contributed by atoms with E-state index in [1.807, 2.05) is 36.4 Å². The van der Waals surface area contributed by atoms with Crippen molar-refractivity contribution in [1.29, 1.82) is 0 Å². The van der Waals surface area contributed by atoms with Gasteiger partial charge in [0.2, 0.25) is 0 Å². The van der Waals surface area contributed by atoms with Gasteiger partial charge >= 0.3 is 0 Å². The highest BCUT2D eigenvalue weighted by Gasteiger charge is 2.14. The third-order valence-corrected chi connectivity index (χ3v) is 4.65. The number of methoxy groups -OCH3 is 2. The molecular formula is C21H22ClN3O3. The first kappa shape index (κ1) is 19.8. The fraction of sp³-hybridized carbons (Fsp3) is 0.238. The van der Waals surface area contributed by atoms with E-state index in [2.05, 4.69) is 10.4 Å². The second kappa shape index (κ2) is 8.80. The van der Waals surface area contributed by atoms with Crippen LogP contribution in [-0.4, -0.2) is 29.9 Å². The molecule has 0 aliphatic rings. The van der Waals surface area contributed by atoms with Crippen molar-refractivity contribution in [3.63, 3.8) is 0 Å². The number of amides is 1. The lowest BCUT2D eigenvalue weighted by Crippen LogP contribution is -2.25. The quantitative estimate of drug-likeness (QED) is 0.659. The SMILES string of the molecule is COc1ccc(CNC(=O)c2cc(Cc3ccc(Cl)cc3)nn2C)c(OC)c1. The Morgan fingerprint density at radius 3 is 2.54 bits per heavy atom. The molecule has 0 saturated heterocycles. The third-order valence-electron chi connectivity index (χ3n) is 4.40. The van der Waals surface area contributed by atoms with Crippen LogP contribution in [0.3, 0.4) is 0 Å². The van der Waals surface area contributed by atoms with Crippen LogP contribution in [0.25, 0.3) is 0 Å². The molecule has 0 aliphatic heterocycles. The van der Waals surface area contributed by atoms with Crippen LogP contribution >= 0.6 is 11.6 Å². The zero-order valence-corrected chi connectivity index (χ0v) is 16.8. The highest BCUT2D eigenvalue weighted by molar-refractivity contribution is 6.30. The molecule has 3 rings (SSSR count). The maximum absolute atomic E-state index is 12.6. The zero-order chi connectivity index (χ0) is 20.1. The van der Waals surface area contributed by atoms with E-state index in [1.165, 1.54) is 0 Å². The van der Waals surface area contributed by atoms with Crippen LogP contribution in [0.4, 0.5) is 0 Å². The summed E-state index contributed by atoms with van der Waals surface area (Å²) in [5.74, 6) is 1.16. The van der Waals surface area contributed by atoms with E-state index in [4.69, 9.17) is 21.1 Å². The number of hydrogen-bond acceptors (Lipinski definition) is 4. The normalized spacial score (nSPS) is 10.6. The minimum Gasteiger partial charge on any atom is -0.497 e. The minimum absolute atomic E-state index is 0.199. The molecule has 6 nitrogen and oxygen atoms in total. The van der Waals surface area contributed by atoms with Crippen LogP contribution < -0.4 is 14.8 Å². The summed E-state index contributed by atoms with van der Waals surface area (Å²) in [7, 11) is 4.94. The molecule has 7 heteroatoms. The predicted molar refractivity (Wildman–Crippen MR) is 108 cm³/mol. The van der Waals surface area contributed by atoms with Gasteiger partial charge in [0.1, 0.15) is 17.2 Å². The van der Waals surface area contributed by atoms with Gasteiger partial charge < -0.3 is 14.8 Å². The van der Waals surface area contributed by atoms with E-state index in [-0.39, 0.29) is 5.91 Å². The van der Waals surface area contributed by atoms with Crippen LogP contribution in [0, 0.1) is 0 Å². The number of nitrogens with one attached hydrogen (secondary N) is 1. The van der Waals surface area contributed by atoms with Gasteiger partial charge in [-0.1, -0.05) is 23.7 Å². The van der Waals surface area contributed by atoms with Crippen molar-refractivity contribution in [3.8, 4) is 11.5 Å². The Morgan fingerprint density at radius 2 is 1.86 bits per heavy atom. The van der Waals surface area contributed by atoms with Gasteiger partial charge in [0.15, 0.2) is 0 Å². The van der Waals surface area contributed by atoms with Gasteiger partial charge in [0.25, 0.3) is 5.91 Å². The Morgan fingerprint density at radius 1 is 1.11 bits per heavy atom. The first-order valence-corrected chi connectivity index (χ1v) is 9.14. The second-order valence-corrected chi connectivity index (χ2v) is 6.74. The maximum Gasteiger partial charge on any atom is 0.269 e. The van der Waals surface area contributed by atoms with E-state index in [9.17, 15) is 4.79 Å². The second-order valence-electron chi connectivity index (χ2n) is 6.31. The highest BCUT2D eigenvalue weighted by Crippen LogP contribution is 2.24. The van der Waals surface area contributed by atoms with Gasteiger partial charge in [-0.3, -0.25) is 9.48 Å². The Balaban J connectivity index is 1.68. The molecule has 0 bridgehead atoms. The lowest BCUT2D eigenvalue weighted by atomic mass is 10.1.